The molecule has 202 valence electrons. The molecule has 0 unspecified atom stereocenters. The summed E-state index contributed by atoms with van der Waals surface area (Å²) in [6.45, 7) is 8.15. The average Bonchev–Trinajstić information content (AvgIpc) is 2.94. The number of benzene rings is 3. The second-order valence-electron chi connectivity index (χ2n) is 10.2. The number of amides is 3. The van der Waals surface area contributed by atoms with E-state index in [-0.39, 0.29) is 29.8 Å². The second kappa shape index (κ2) is 11.1. The smallest absolute Gasteiger partial charge is 0.258 e. The average molecular weight is 545 g/mol. The maximum atomic E-state index is 13.9. The van der Waals surface area contributed by atoms with E-state index >= 15 is 0 Å². The van der Waals surface area contributed by atoms with Crippen LogP contribution in [0.15, 0.2) is 72.8 Å². The molecule has 7 nitrogen and oxygen atoms in total. The molecule has 0 N–H and O–H groups in total. The van der Waals surface area contributed by atoms with Crippen molar-refractivity contribution in [3.8, 4) is 0 Å². The van der Waals surface area contributed by atoms with Crippen LogP contribution < -0.4 is 14.7 Å². The van der Waals surface area contributed by atoms with Gasteiger partial charge in [0, 0.05) is 73.7 Å². The first kappa shape index (κ1) is 26.8. The Hall–Kier alpha value is -3.84. The molecule has 0 saturated carbocycles. The van der Waals surface area contributed by atoms with Crippen LogP contribution in [0, 0.1) is 0 Å². The first-order valence-corrected chi connectivity index (χ1v) is 13.7. The number of nitrogens with zero attached hydrogens (tertiary/aromatic N) is 4. The van der Waals surface area contributed by atoms with Gasteiger partial charge < -0.3 is 19.6 Å². The van der Waals surface area contributed by atoms with Gasteiger partial charge in [-0.25, -0.2) is 0 Å². The van der Waals surface area contributed by atoms with Crippen molar-refractivity contribution in [2.45, 2.75) is 39.3 Å². The Morgan fingerprint density at radius 1 is 0.846 bits per heavy atom. The van der Waals surface area contributed by atoms with Gasteiger partial charge in [-0.2, -0.15) is 0 Å². The van der Waals surface area contributed by atoms with E-state index in [2.05, 4.69) is 4.90 Å². The molecular weight excluding hydrogens is 512 g/mol. The first-order chi connectivity index (χ1) is 18.7. The quantitative estimate of drug-likeness (QED) is 0.432. The second-order valence-corrected chi connectivity index (χ2v) is 10.7. The highest BCUT2D eigenvalue weighted by Gasteiger charge is 2.38. The molecule has 3 aromatic carbocycles. The molecule has 3 amide bonds. The van der Waals surface area contributed by atoms with Gasteiger partial charge >= 0.3 is 0 Å². The molecule has 0 radical (unpaired) electrons. The summed E-state index contributed by atoms with van der Waals surface area (Å²) in [5.74, 6) is -0.0283. The number of carbonyl (C=O) groups is 3. The number of hydrogen-bond donors (Lipinski definition) is 0. The van der Waals surface area contributed by atoms with E-state index in [0.717, 1.165) is 35.7 Å². The first-order valence-electron chi connectivity index (χ1n) is 13.3. The fraction of sp³-hybridized carbons (Fsp3) is 0.323. The molecule has 2 heterocycles. The Balaban J connectivity index is 1.40. The van der Waals surface area contributed by atoms with Crippen LogP contribution in [-0.4, -0.2) is 54.8 Å². The number of fused-ring (bicyclic) bond motifs is 1. The highest BCUT2D eigenvalue weighted by atomic mass is 35.5. The highest BCUT2D eigenvalue weighted by Crippen LogP contribution is 2.43. The Kier molecular flexibility index (Phi) is 7.62. The summed E-state index contributed by atoms with van der Waals surface area (Å²) in [5.41, 5.74) is 4.19. The lowest BCUT2D eigenvalue weighted by molar-refractivity contribution is -0.129. The number of anilines is 3. The number of rotatable bonds is 4. The van der Waals surface area contributed by atoms with Crippen LogP contribution in [0.4, 0.5) is 17.1 Å². The maximum Gasteiger partial charge on any atom is 0.258 e. The number of piperazine rings is 1. The number of halogens is 1. The van der Waals surface area contributed by atoms with E-state index < -0.39 is 0 Å². The van der Waals surface area contributed by atoms with Gasteiger partial charge in [-0.15, -0.1) is 0 Å². The highest BCUT2D eigenvalue weighted by molar-refractivity contribution is 6.30. The van der Waals surface area contributed by atoms with Gasteiger partial charge in [-0.3, -0.25) is 14.4 Å². The predicted octanol–water partition coefficient (Wildman–Crippen LogP) is 5.54. The summed E-state index contributed by atoms with van der Waals surface area (Å²) in [6, 6.07) is 22.5. The zero-order chi connectivity index (χ0) is 27.7. The van der Waals surface area contributed by atoms with Crippen LogP contribution in [0.25, 0.3) is 0 Å². The number of para-hydroxylation sites is 1. The molecule has 1 saturated heterocycles. The topological polar surface area (TPSA) is 64.2 Å². The van der Waals surface area contributed by atoms with Crippen molar-refractivity contribution in [1.29, 1.82) is 0 Å². The van der Waals surface area contributed by atoms with Crippen molar-refractivity contribution < 1.29 is 14.4 Å². The molecule has 8 heteroatoms. The Bertz CT molecular complexity index is 1370. The summed E-state index contributed by atoms with van der Waals surface area (Å²) in [4.78, 5) is 46.1. The lowest BCUT2D eigenvalue weighted by Crippen LogP contribution is -2.48. The molecule has 3 aromatic rings. The number of carbonyl (C=O) groups excluding carboxylic acids is 3. The van der Waals surface area contributed by atoms with Crippen molar-refractivity contribution in [2.24, 2.45) is 0 Å². The van der Waals surface area contributed by atoms with Crippen molar-refractivity contribution in [3.63, 3.8) is 0 Å². The molecule has 0 aromatic heterocycles. The van der Waals surface area contributed by atoms with Crippen LogP contribution in [0.1, 0.15) is 49.2 Å². The van der Waals surface area contributed by atoms with Crippen LogP contribution >= 0.6 is 11.6 Å². The monoisotopic (exact) mass is 544 g/mol. The third-order valence-electron chi connectivity index (χ3n) is 7.74. The Morgan fingerprint density at radius 2 is 1.49 bits per heavy atom. The molecule has 39 heavy (non-hydrogen) atoms. The molecule has 2 aliphatic heterocycles. The van der Waals surface area contributed by atoms with Crippen molar-refractivity contribution in [1.82, 2.24) is 4.90 Å². The number of hydrogen-bond acceptors (Lipinski definition) is 4. The Morgan fingerprint density at radius 3 is 2.10 bits per heavy atom. The van der Waals surface area contributed by atoms with Crippen LogP contribution in [0.5, 0.6) is 0 Å². The zero-order valence-electron chi connectivity index (χ0n) is 22.5. The van der Waals surface area contributed by atoms with Crippen molar-refractivity contribution in [3.05, 3.63) is 88.9 Å². The minimum atomic E-state index is -0.213. The lowest BCUT2D eigenvalue weighted by Gasteiger charge is -2.43. The zero-order valence-corrected chi connectivity index (χ0v) is 23.3. The molecule has 1 fully saturated rings. The molecule has 5 rings (SSSR count). The predicted molar refractivity (Wildman–Crippen MR) is 156 cm³/mol. The fourth-order valence-electron chi connectivity index (χ4n) is 5.75. The summed E-state index contributed by atoms with van der Waals surface area (Å²) >= 11 is 6.10. The molecule has 2 aliphatic rings. The molecule has 0 spiro atoms. The maximum absolute atomic E-state index is 13.9. The van der Waals surface area contributed by atoms with E-state index in [4.69, 9.17) is 11.6 Å². The van der Waals surface area contributed by atoms with E-state index in [9.17, 15) is 14.4 Å². The normalized spacial score (nSPS) is 18.9. The Labute approximate surface area is 234 Å². The van der Waals surface area contributed by atoms with Gasteiger partial charge in [0.05, 0.1) is 6.04 Å². The summed E-state index contributed by atoms with van der Waals surface area (Å²) in [7, 11) is 0. The standard InChI is InChI=1S/C31H33ClN4O3/c1-21-20-30(36(23(3)38)27-14-10-25(32)11-15-27)28-6-4-5-7-29(28)35(21)31(39)24-8-12-26(13-9-24)34-18-16-33(17-19-34)22(2)37/h4-15,21,30H,16-20H2,1-3H3/t21-,30+/m0/s1. The van der Waals surface area contributed by atoms with Gasteiger partial charge in [-0.1, -0.05) is 29.8 Å². The third-order valence-corrected chi connectivity index (χ3v) is 7.99. The van der Waals surface area contributed by atoms with Crippen LogP contribution in [0.2, 0.25) is 5.02 Å². The third kappa shape index (κ3) is 5.36. The molecule has 0 aliphatic carbocycles. The van der Waals surface area contributed by atoms with Gasteiger partial charge in [-0.05, 0) is 73.5 Å². The summed E-state index contributed by atoms with van der Waals surface area (Å²) in [5, 5.41) is 0.612. The van der Waals surface area contributed by atoms with Crippen molar-refractivity contribution in [2.75, 3.05) is 40.9 Å². The van der Waals surface area contributed by atoms with E-state index in [1.165, 1.54) is 0 Å². The minimum absolute atomic E-state index is 0.0659. The molecule has 2 atom stereocenters. The molecular formula is C31H33ClN4O3. The van der Waals surface area contributed by atoms with Gasteiger partial charge in [0.25, 0.3) is 5.91 Å². The van der Waals surface area contributed by atoms with Crippen LogP contribution in [0.3, 0.4) is 0 Å². The van der Waals surface area contributed by atoms with Crippen LogP contribution in [-0.2, 0) is 9.59 Å². The summed E-state index contributed by atoms with van der Waals surface area (Å²) in [6.07, 6.45) is 0.601. The molecule has 0 bridgehead atoms. The van der Waals surface area contributed by atoms with Gasteiger partial charge in [0.1, 0.15) is 0 Å². The van der Waals surface area contributed by atoms with Gasteiger partial charge in [0.2, 0.25) is 11.8 Å². The van der Waals surface area contributed by atoms with E-state index in [1.54, 1.807) is 30.9 Å². The van der Waals surface area contributed by atoms with E-state index in [0.29, 0.717) is 30.1 Å². The van der Waals surface area contributed by atoms with Crippen molar-refractivity contribution >= 4 is 46.4 Å². The lowest BCUT2D eigenvalue weighted by atomic mass is 9.89. The summed E-state index contributed by atoms with van der Waals surface area (Å²) < 4.78 is 0. The SMILES string of the molecule is CC(=O)N1CCN(c2ccc(C(=O)N3c4ccccc4[C@H](N(C(C)=O)c4ccc(Cl)cc4)C[C@@H]3C)cc2)CC1. The largest absolute Gasteiger partial charge is 0.368 e. The minimum Gasteiger partial charge on any atom is -0.368 e. The van der Waals surface area contributed by atoms with Gasteiger partial charge in [0.15, 0.2) is 0 Å². The fourth-order valence-corrected chi connectivity index (χ4v) is 5.88. The van der Waals surface area contributed by atoms with E-state index in [1.807, 2.05) is 77.4 Å².